The Kier molecular flexibility index (Phi) is 5.25. The predicted octanol–water partition coefficient (Wildman–Crippen LogP) is 10.6. The van der Waals surface area contributed by atoms with Crippen molar-refractivity contribution in [1.82, 2.24) is 14.5 Å². The van der Waals surface area contributed by atoms with Crippen molar-refractivity contribution in [2.75, 3.05) is 0 Å². The van der Waals surface area contributed by atoms with Crippen LogP contribution in [-0.2, 0) is 0 Å². The largest absolute Gasteiger partial charge is 0.436 e. The first-order valence-electron chi connectivity index (χ1n) is 15.4. The van der Waals surface area contributed by atoms with Crippen LogP contribution >= 0.6 is 0 Å². The van der Waals surface area contributed by atoms with Gasteiger partial charge in [-0.05, 0) is 60.7 Å². The van der Waals surface area contributed by atoms with Gasteiger partial charge < -0.3 is 13.4 Å². The van der Waals surface area contributed by atoms with Crippen LogP contribution in [0.3, 0.4) is 0 Å². The summed E-state index contributed by atoms with van der Waals surface area (Å²) >= 11 is 0. The molecule has 3 aromatic heterocycles. The van der Waals surface area contributed by atoms with Gasteiger partial charge in [0.1, 0.15) is 17.1 Å². The second-order valence-corrected chi connectivity index (χ2v) is 11.7. The van der Waals surface area contributed by atoms with E-state index >= 15 is 0 Å². The zero-order chi connectivity index (χ0) is 31.1. The molecule has 7 aromatic carbocycles. The Labute approximate surface area is 267 Å². The fourth-order valence-corrected chi connectivity index (χ4v) is 6.99. The molecule has 0 aliphatic rings. The molecule has 0 unspecified atom stereocenters. The van der Waals surface area contributed by atoms with E-state index in [-0.39, 0.29) is 0 Å². The van der Waals surface area contributed by atoms with Gasteiger partial charge in [0.25, 0.3) is 0 Å². The van der Waals surface area contributed by atoms with Crippen LogP contribution in [0.2, 0.25) is 0 Å². The van der Waals surface area contributed by atoms with Gasteiger partial charge in [0.05, 0.1) is 22.3 Å². The summed E-state index contributed by atoms with van der Waals surface area (Å²) in [5, 5.41) is 16.2. The van der Waals surface area contributed by atoms with Crippen LogP contribution < -0.4 is 0 Å². The minimum atomic E-state index is 0.568. The minimum absolute atomic E-state index is 0.568. The van der Waals surface area contributed by atoms with Crippen molar-refractivity contribution in [2.45, 2.75) is 0 Å². The number of oxazole rings is 2. The van der Waals surface area contributed by atoms with Gasteiger partial charge in [0.15, 0.2) is 11.2 Å². The molecule has 0 saturated heterocycles. The summed E-state index contributed by atoms with van der Waals surface area (Å²) in [5.74, 6) is 1.14. The summed E-state index contributed by atoms with van der Waals surface area (Å²) in [6.07, 6.45) is 0. The maximum absolute atomic E-state index is 10.3. The molecule has 0 bridgehead atoms. The van der Waals surface area contributed by atoms with Gasteiger partial charge in [-0.1, -0.05) is 72.8 Å². The molecular formula is C41H22N4O2. The SMILES string of the molecule is N#Cc1c2ccccc2c(-n2c3ccc(-c4nc5ccccc5o4)cc3c3cc(-c4nc5ccccc5o4)ccc32)c2ccccc12. The lowest BCUT2D eigenvalue weighted by Gasteiger charge is -2.17. The van der Waals surface area contributed by atoms with Gasteiger partial charge >= 0.3 is 0 Å². The molecule has 6 heteroatoms. The van der Waals surface area contributed by atoms with Crippen molar-refractivity contribution >= 4 is 65.6 Å². The lowest BCUT2D eigenvalue weighted by atomic mass is 9.95. The second kappa shape index (κ2) is 9.64. The maximum atomic E-state index is 10.3. The molecule has 6 nitrogen and oxygen atoms in total. The zero-order valence-corrected chi connectivity index (χ0v) is 24.8. The summed E-state index contributed by atoms with van der Waals surface area (Å²) in [4.78, 5) is 9.59. The average Bonchev–Trinajstić information content (AvgIpc) is 3.84. The van der Waals surface area contributed by atoms with Crippen molar-refractivity contribution in [1.29, 1.82) is 5.26 Å². The van der Waals surface area contributed by atoms with Gasteiger partial charge in [-0.25, -0.2) is 9.97 Å². The zero-order valence-electron chi connectivity index (χ0n) is 24.8. The molecule has 10 rings (SSSR count). The van der Waals surface area contributed by atoms with Crippen LogP contribution in [-0.4, -0.2) is 14.5 Å². The first-order chi connectivity index (χ1) is 23.2. The number of rotatable bonds is 3. The second-order valence-electron chi connectivity index (χ2n) is 11.7. The third kappa shape index (κ3) is 3.71. The summed E-state index contributed by atoms with van der Waals surface area (Å²) in [5.41, 5.74) is 8.65. The first-order valence-corrected chi connectivity index (χ1v) is 15.4. The Morgan fingerprint density at radius 1 is 0.489 bits per heavy atom. The van der Waals surface area contributed by atoms with Crippen LogP contribution in [0.1, 0.15) is 5.56 Å². The minimum Gasteiger partial charge on any atom is -0.436 e. The lowest BCUT2D eigenvalue weighted by Crippen LogP contribution is -1.99. The number of aromatic nitrogens is 3. The normalized spacial score (nSPS) is 11.8. The average molecular weight is 603 g/mol. The van der Waals surface area contributed by atoms with E-state index in [0.717, 1.165) is 82.4 Å². The first kappa shape index (κ1) is 25.6. The monoisotopic (exact) mass is 602 g/mol. The number of hydrogen-bond donors (Lipinski definition) is 0. The standard InChI is InChI=1S/C41H22N4O2/c42-23-32-26-9-1-3-11-28(26)39(29-12-4-2-10-27(29)32)45-35-19-17-24(40-43-33-13-5-7-15-37(33)46-40)21-30(35)31-22-25(18-20-36(31)45)41-44-34-14-6-8-16-38(34)47-41/h1-22H. The highest BCUT2D eigenvalue weighted by Gasteiger charge is 2.22. The highest BCUT2D eigenvalue weighted by atomic mass is 16.4. The van der Waals surface area contributed by atoms with Crippen molar-refractivity contribution in [3.05, 3.63) is 139 Å². The fourth-order valence-electron chi connectivity index (χ4n) is 6.99. The third-order valence-electron chi connectivity index (χ3n) is 9.09. The molecule has 0 N–H and O–H groups in total. The Morgan fingerprint density at radius 2 is 0.936 bits per heavy atom. The highest BCUT2D eigenvalue weighted by Crippen LogP contribution is 2.42. The number of nitrogens with zero attached hydrogens (tertiary/aromatic N) is 4. The Hall–Kier alpha value is -6.71. The topological polar surface area (TPSA) is 80.8 Å². The Bertz CT molecular complexity index is 2680. The van der Waals surface area contributed by atoms with Gasteiger partial charge in [-0.15, -0.1) is 0 Å². The Balaban J connectivity index is 1.32. The van der Waals surface area contributed by atoms with Gasteiger partial charge in [-0.3, -0.25) is 0 Å². The third-order valence-corrected chi connectivity index (χ3v) is 9.09. The van der Waals surface area contributed by atoms with Crippen molar-refractivity contribution < 1.29 is 8.83 Å². The van der Waals surface area contributed by atoms with Crippen LogP contribution in [0.25, 0.3) is 94.1 Å². The van der Waals surface area contributed by atoms with Crippen molar-refractivity contribution in [3.8, 4) is 34.7 Å². The fraction of sp³-hybridized carbons (Fsp3) is 0. The van der Waals surface area contributed by atoms with E-state index in [0.29, 0.717) is 17.3 Å². The van der Waals surface area contributed by atoms with E-state index in [1.807, 2.05) is 84.9 Å². The van der Waals surface area contributed by atoms with E-state index in [1.54, 1.807) is 0 Å². The van der Waals surface area contributed by atoms with E-state index in [2.05, 4.69) is 59.2 Å². The Morgan fingerprint density at radius 3 is 1.40 bits per heavy atom. The molecule has 0 radical (unpaired) electrons. The number of fused-ring (bicyclic) bond motifs is 7. The molecule has 0 fully saturated rings. The number of hydrogen-bond acceptors (Lipinski definition) is 5. The summed E-state index contributed by atoms with van der Waals surface area (Å²) in [7, 11) is 0. The predicted molar refractivity (Wildman–Crippen MR) is 187 cm³/mol. The van der Waals surface area contributed by atoms with Gasteiger partial charge in [0.2, 0.25) is 11.8 Å². The summed E-state index contributed by atoms with van der Waals surface area (Å²) in [6.45, 7) is 0. The molecule has 0 aliphatic carbocycles. The van der Waals surface area contributed by atoms with E-state index in [9.17, 15) is 5.26 Å². The maximum Gasteiger partial charge on any atom is 0.227 e. The number of benzene rings is 7. The van der Waals surface area contributed by atoms with Gasteiger partial charge in [-0.2, -0.15) is 5.26 Å². The molecule has 218 valence electrons. The van der Waals surface area contributed by atoms with Crippen LogP contribution in [0.15, 0.2) is 142 Å². The molecule has 3 heterocycles. The van der Waals surface area contributed by atoms with E-state index in [4.69, 9.17) is 18.8 Å². The van der Waals surface area contributed by atoms with Gasteiger partial charge in [0, 0.05) is 43.4 Å². The highest BCUT2D eigenvalue weighted by molar-refractivity contribution is 6.17. The molecule has 0 spiro atoms. The molecular weight excluding hydrogens is 580 g/mol. The van der Waals surface area contributed by atoms with E-state index < -0.39 is 0 Å². The summed E-state index contributed by atoms with van der Waals surface area (Å²) in [6, 6.07) is 47.2. The summed E-state index contributed by atoms with van der Waals surface area (Å²) < 4.78 is 14.7. The van der Waals surface area contributed by atoms with E-state index in [1.165, 1.54) is 0 Å². The molecule has 47 heavy (non-hydrogen) atoms. The molecule has 0 aliphatic heterocycles. The molecule has 0 amide bonds. The van der Waals surface area contributed by atoms with Crippen molar-refractivity contribution in [3.63, 3.8) is 0 Å². The molecule has 0 atom stereocenters. The van der Waals surface area contributed by atoms with Crippen molar-refractivity contribution in [2.24, 2.45) is 0 Å². The van der Waals surface area contributed by atoms with Crippen LogP contribution in [0, 0.1) is 11.3 Å². The number of nitriles is 1. The molecule has 10 aromatic rings. The van der Waals surface area contributed by atoms with Crippen LogP contribution in [0.4, 0.5) is 0 Å². The number of para-hydroxylation sites is 4. The lowest BCUT2D eigenvalue weighted by molar-refractivity contribution is 0.619. The smallest absolute Gasteiger partial charge is 0.227 e. The quantitative estimate of drug-likeness (QED) is 0.188. The molecule has 0 saturated carbocycles. The van der Waals surface area contributed by atoms with Crippen LogP contribution in [0.5, 0.6) is 0 Å².